The number of hydrogen-bond donors (Lipinski definition) is 1. The maximum absolute atomic E-state index is 13.6. The number of ether oxygens (including phenoxy) is 2. The zero-order valence-electron chi connectivity index (χ0n) is 13.7. The molecule has 1 aliphatic rings. The van der Waals surface area contributed by atoms with Gasteiger partial charge in [-0.05, 0) is 19.1 Å². The standard InChI is InChI=1S/C17H18FN3O4/c1-11-19-13(8-16(22)20-11)14-9-24-7-6-21(14)17(23)10-25-15-5-3-2-4-12(15)18/h2-5,8,14H,6-7,9-10H2,1H3,(H,19,20,22)/t14-/m1/s1. The fourth-order valence-electron chi connectivity index (χ4n) is 2.70. The molecule has 25 heavy (non-hydrogen) atoms. The van der Waals surface area contributed by atoms with E-state index in [0.29, 0.717) is 24.7 Å². The van der Waals surface area contributed by atoms with Crippen molar-refractivity contribution in [3.8, 4) is 5.75 Å². The zero-order chi connectivity index (χ0) is 17.8. The van der Waals surface area contributed by atoms with Gasteiger partial charge in [0.15, 0.2) is 18.2 Å². The molecule has 132 valence electrons. The molecule has 2 aromatic rings. The highest BCUT2D eigenvalue weighted by atomic mass is 19.1. The van der Waals surface area contributed by atoms with Gasteiger partial charge in [0, 0.05) is 12.6 Å². The third kappa shape index (κ3) is 4.03. The van der Waals surface area contributed by atoms with Gasteiger partial charge >= 0.3 is 0 Å². The van der Waals surface area contributed by atoms with Crippen LogP contribution in [-0.4, -0.2) is 47.1 Å². The maximum atomic E-state index is 13.6. The van der Waals surface area contributed by atoms with Gasteiger partial charge in [-0.15, -0.1) is 0 Å². The topological polar surface area (TPSA) is 84.5 Å². The third-order valence-electron chi connectivity index (χ3n) is 3.86. The first-order valence-electron chi connectivity index (χ1n) is 7.87. The number of aryl methyl sites for hydroxylation is 1. The Kier molecular flexibility index (Phi) is 5.08. The first-order valence-corrected chi connectivity index (χ1v) is 7.87. The summed E-state index contributed by atoms with van der Waals surface area (Å²) in [4.78, 5) is 32.6. The Morgan fingerprint density at radius 3 is 3.04 bits per heavy atom. The van der Waals surface area contributed by atoms with Crippen molar-refractivity contribution in [1.82, 2.24) is 14.9 Å². The Balaban J connectivity index is 1.75. The lowest BCUT2D eigenvalue weighted by molar-refractivity contribution is -0.142. The summed E-state index contributed by atoms with van der Waals surface area (Å²) in [5, 5.41) is 0. The van der Waals surface area contributed by atoms with Gasteiger partial charge in [-0.3, -0.25) is 9.59 Å². The summed E-state index contributed by atoms with van der Waals surface area (Å²) >= 11 is 0. The smallest absolute Gasteiger partial charge is 0.261 e. The molecule has 1 aromatic heterocycles. The number of aromatic nitrogens is 2. The Hall–Kier alpha value is -2.74. The number of aromatic amines is 1. The van der Waals surface area contributed by atoms with Crippen LogP contribution in [0.5, 0.6) is 5.75 Å². The van der Waals surface area contributed by atoms with Gasteiger partial charge in [0.2, 0.25) is 0 Å². The van der Waals surface area contributed by atoms with Crippen LogP contribution < -0.4 is 10.3 Å². The molecule has 2 heterocycles. The fraction of sp³-hybridized carbons (Fsp3) is 0.353. The highest BCUT2D eigenvalue weighted by Crippen LogP contribution is 2.23. The lowest BCUT2D eigenvalue weighted by Gasteiger charge is -2.35. The van der Waals surface area contributed by atoms with Crippen LogP contribution in [0.15, 0.2) is 35.1 Å². The molecule has 0 bridgehead atoms. The summed E-state index contributed by atoms with van der Waals surface area (Å²) in [6.45, 7) is 2.32. The fourth-order valence-corrected chi connectivity index (χ4v) is 2.70. The second kappa shape index (κ2) is 7.43. The summed E-state index contributed by atoms with van der Waals surface area (Å²) in [7, 11) is 0. The molecular formula is C17H18FN3O4. The largest absolute Gasteiger partial charge is 0.481 e. The number of benzene rings is 1. The minimum absolute atomic E-state index is 0.0192. The molecule has 0 spiro atoms. The van der Waals surface area contributed by atoms with Crippen LogP contribution in [0.25, 0.3) is 0 Å². The third-order valence-corrected chi connectivity index (χ3v) is 3.86. The number of amides is 1. The van der Waals surface area contributed by atoms with Gasteiger partial charge < -0.3 is 19.4 Å². The molecule has 1 aliphatic heterocycles. The summed E-state index contributed by atoms with van der Waals surface area (Å²) in [5.41, 5.74) is 0.170. The van der Waals surface area contributed by atoms with Gasteiger partial charge in [0.1, 0.15) is 5.82 Å². The average Bonchev–Trinajstić information content (AvgIpc) is 2.60. The minimum Gasteiger partial charge on any atom is -0.481 e. The average molecular weight is 347 g/mol. The van der Waals surface area contributed by atoms with E-state index in [4.69, 9.17) is 9.47 Å². The van der Waals surface area contributed by atoms with Crippen molar-refractivity contribution in [3.63, 3.8) is 0 Å². The number of para-hydroxylation sites is 1. The number of morpholine rings is 1. The van der Waals surface area contributed by atoms with E-state index in [2.05, 4.69) is 9.97 Å². The molecule has 7 nitrogen and oxygen atoms in total. The van der Waals surface area contributed by atoms with Crippen LogP contribution >= 0.6 is 0 Å². The summed E-state index contributed by atoms with van der Waals surface area (Å²) in [5.74, 6) is -0.370. The second-order valence-electron chi connectivity index (χ2n) is 5.65. The number of H-pyrrole nitrogens is 1. The normalized spacial score (nSPS) is 17.4. The van der Waals surface area contributed by atoms with E-state index in [9.17, 15) is 14.0 Å². The number of nitrogens with zero attached hydrogens (tertiary/aromatic N) is 2. The second-order valence-corrected chi connectivity index (χ2v) is 5.65. The molecule has 0 saturated carbocycles. The van der Waals surface area contributed by atoms with Crippen molar-refractivity contribution in [3.05, 3.63) is 58.0 Å². The molecule has 1 atom stereocenters. The quantitative estimate of drug-likeness (QED) is 0.898. The lowest BCUT2D eigenvalue weighted by atomic mass is 10.1. The predicted molar refractivity (Wildman–Crippen MR) is 86.8 cm³/mol. The molecule has 0 radical (unpaired) electrons. The van der Waals surface area contributed by atoms with Crippen molar-refractivity contribution in [1.29, 1.82) is 0 Å². The van der Waals surface area contributed by atoms with E-state index in [1.165, 1.54) is 18.2 Å². The number of hydrogen-bond acceptors (Lipinski definition) is 5. The lowest BCUT2D eigenvalue weighted by Crippen LogP contribution is -2.46. The summed E-state index contributed by atoms with van der Waals surface area (Å²) in [6.07, 6.45) is 0. The maximum Gasteiger partial charge on any atom is 0.261 e. The van der Waals surface area contributed by atoms with Crippen LogP contribution in [0.2, 0.25) is 0 Å². The number of carbonyl (C=O) groups excluding carboxylic acids is 1. The van der Waals surface area contributed by atoms with E-state index in [0.717, 1.165) is 0 Å². The van der Waals surface area contributed by atoms with Crippen molar-refractivity contribution >= 4 is 5.91 Å². The SMILES string of the molecule is Cc1nc([C@H]2COCCN2C(=O)COc2ccccc2F)cc(=O)[nH]1. The molecular weight excluding hydrogens is 329 g/mol. The van der Waals surface area contributed by atoms with Crippen molar-refractivity contribution in [2.75, 3.05) is 26.4 Å². The van der Waals surface area contributed by atoms with Crippen LogP contribution in [0.3, 0.4) is 0 Å². The van der Waals surface area contributed by atoms with Gasteiger partial charge in [-0.2, -0.15) is 0 Å². The van der Waals surface area contributed by atoms with Gasteiger partial charge in [0.25, 0.3) is 11.5 Å². The predicted octanol–water partition coefficient (Wildman–Crippen LogP) is 1.20. The molecule has 1 aromatic carbocycles. The minimum atomic E-state index is -0.527. The van der Waals surface area contributed by atoms with Crippen LogP contribution in [0.4, 0.5) is 4.39 Å². The van der Waals surface area contributed by atoms with E-state index in [1.54, 1.807) is 24.0 Å². The Bertz CT molecular complexity index is 824. The van der Waals surface area contributed by atoms with E-state index in [-0.39, 0.29) is 30.4 Å². The number of halogens is 1. The van der Waals surface area contributed by atoms with Crippen LogP contribution in [0.1, 0.15) is 17.6 Å². The molecule has 1 amide bonds. The van der Waals surface area contributed by atoms with Gasteiger partial charge in [-0.25, -0.2) is 9.37 Å². The first kappa shape index (κ1) is 17.1. The van der Waals surface area contributed by atoms with E-state index in [1.807, 2.05) is 0 Å². The zero-order valence-corrected chi connectivity index (χ0v) is 13.7. The van der Waals surface area contributed by atoms with E-state index < -0.39 is 11.9 Å². The van der Waals surface area contributed by atoms with Crippen molar-refractivity contribution < 1.29 is 18.7 Å². The first-order chi connectivity index (χ1) is 12.0. The van der Waals surface area contributed by atoms with Crippen LogP contribution in [-0.2, 0) is 9.53 Å². The molecule has 1 saturated heterocycles. The Morgan fingerprint density at radius 2 is 2.28 bits per heavy atom. The molecule has 0 unspecified atom stereocenters. The van der Waals surface area contributed by atoms with Gasteiger partial charge in [-0.1, -0.05) is 12.1 Å². The monoisotopic (exact) mass is 347 g/mol. The van der Waals surface area contributed by atoms with Crippen molar-refractivity contribution in [2.45, 2.75) is 13.0 Å². The van der Waals surface area contributed by atoms with Gasteiger partial charge in [0.05, 0.1) is 24.9 Å². The number of nitrogens with one attached hydrogen (secondary N) is 1. The highest BCUT2D eigenvalue weighted by Gasteiger charge is 2.30. The van der Waals surface area contributed by atoms with Crippen LogP contribution in [0, 0.1) is 12.7 Å². The molecule has 8 heteroatoms. The molecule has 3 rings (SSSR count). The molecule has 0 aliphatic carbocycles. The molecule has 1 N–H and O–H groups in total. The Morgan fingerprint density at radius 1 is 1.48 bits per heavy atom. The molecule has 1 fully saturated rings. The summed E-state index contributed by atoms with van der Waals surface area (Å²) in [6, 6.07) is 6.77. The Labute approximate surface area is 143 Å². The van der Waals surface area contributed by atoms with Crippen molar-refractivity contribution in [2.24, 2.45) is 0 Å². The highest BCUT2D eigenvalue weighted by molar-refractivity contribution is 5.78. The van der Waals surface area contributed by atoms with E-state index >= 15 is 0 Å². The number of carbonyl (C=O) groups is 1. The summed E-state index contributed by atoms with van der Waals surface area (Å²) < 4.78 is 24.3. The number of rotatable bonds is 4.